The first-order chi connectivity index (χ1) is 5.75. The van der Waals surface area contributed by atoms with Crippen LogP contribution in [0, 0.1) is 6.92 Å². The fourth-order valence-electron chi connectivity index (χ4n) is 0.616. The van der Waals surface area contributed by atoms with Crippen LogP contribution in [0.5, 0.6) is 0 Å². The third-order valence-corrected chi connectivity index (χ3v) is 2.28. The van der Waals surface area contributed by atoms with E-state index in [4.69, 9.17) is 4.74 Å². The van der Waals surface area contributed by atoms with Crippen molar-refractivity contribution in [3.8, 4) is 0 Å². The van der Waals surface area contributed by atoms with E-state index in [0.717, 1.165) is 11.5 Å². The molecule has 0 aromatic carbocycles. The van der Waals surface area contributed by atoms with Gasteiger partial charge in [0.15, 0.2) is 4.88 Å². The summed E-state index contributed by atoms with van der Waals surface area (Å²) < 4.78 is 8.49. The summed E-state index contributed by atoms with van der Waals surface area (Å²) in [4.78, 5) is 11.7. The SMILES string of the molecule is Cc1nnsc1C(=O)OCCBr. The number of aromatic nitrogens is 2. The van der Waals surface area contributed by atoms with Crippen molar-refractivity contribution in [1.82, 2.24) is 9.59 Å². The summed E-state index contributed by atoms with van der Waals surface area (Å²) in [6, 6.07) is 0. The first-order valence-electron chi connectivity index (χ1n) is 3.27. The normalized spacial score (nSPS) is 9.83. The Morgan fingerprint density at radius 3 is 3.00 bits per heavy atom. The standard InChI is InChI=1S/C6H7BrN2O2S/c1-4-5(12-9-8-4)6(10)11-3-2-7/h2-3H2,1H3. The fourth-order valence-corrected chi connectivity index (χ4v) is 1.33. The number of carbonyl (C=O) groups excluding carboxylic acids is 1. The Morgan fingerprint density at radius 1 is 1.75 bits per heavy atom. The Balaban J connectivity index is 2.59. The van der Waals surface area contributed by atoms with Gasteiger partial charge in [-0.05, 0) is 18.5 Å². The average molecular weight is 251 g/mol. The van der Waals surface area contributed by atoms with E-state index in [0.29, 0.717) is 22.5 Å². The number of carbonyl (C=O) groups is 1. The van der Waals surface area contributed by atoms with Gasteiger partial charge in [0.25, 0.3) is 0 Å². The summed E-state index contributed by atoms with van der Waals surface area (Å²) in [5, 5.41) is 4.34. The van der Waals surface area contributed by atoms with Gasteiger partial charge in [0.2, 0.25) is 0 Å². The summed E-state index contributed by atoms with van der Waals surface area (Å²) in [5.41, 5.74) is 0.625. The van der Waals surface area contributed by atoms with Crippen LogP contribution in [-0.2, 0) is 4.74 Å². The molecule has 0 N–H and O–H groups in total. The minimum atomic E-state index is -0.345. The van der Waals surface area contributed by atoms with Gasteiger partial charge in [-0.3, -0.25) is 0 Å². The number of hydrogen-bond acceptors (Lipinski definition) is 5. The van der Waals surface area contributed by atoms with E-state index in [1.54, 1.807) is 6.92 Å². The molecule has 0 radical (unpaired) electrons. The first kappa shape index (κ1) is 9.60. The monoisotopic (exact) mass is 250 g/mol. The third-order valence-electron chi connectivity index (χ3n) is 1.15. The maximum atomic E-state index is 11.2. The molecule has 1 rings (SSSR count). The number of aryl methyl sites for hydroxylation is 1. The maximum Gasteiger partial charge on any atom is 0.351 e. The lowest BCUT2D eigenvalue weighted by atomic mass is 10.4. The molecule has 12 heavy (non-hydrogen) atoms. The van der Waals surface area contributed by atoms with Crippen LogP contribution < -0.4 is 0 Å². The molecular formula is C6H7BrN2O2S. The van der Waals surface area contributed by atoms with E-state index in [-0.39, 0.29) is 5.97 Å². The molecule has 6 heteroatoms. The van der Waals surface area contributed by atoms with Gasteiger partial charge in [-0.1, -0.05) is 20.4 Å². The molecule has 1 aromatic rings. The summed E-state index contributed by atoms with van der Waals surface area (Å²) in [6.07, 6.45) is 0. The zero-order chi connectivity index (χ0) is 8.97. The quantitative estimate of drug-likeness (QED) is 0.601. The van der Waals surface area contributed by atoms with Crippen molar-refractivity contribution in [1.29, 1.82) is 0 Å². The van der Waals surface area contributed by atoms with Crippen LogP contribution in [0.3, 0.4) is 0 Å². The van der Waals surface area contributed by atoms with E-state index in [2.05, 4.69) is 25.5 Å². The van der Waals surface area contributed by atoms with Gasteiger partial charge in [0.1, 0.15) is 6.61 Å². The molecule has 0 atom stereocenters. The van der Waals surface area contributed by atoms with Crippen molar-refractivity contribution < 1.29 is 9.53 Å². The summed E-state index contributed by atoms with van der Waals surface area (Å²) in [5.74, 6) is -0.345. The van der Waals surface area contributed by atoms with Gasteiger partial charge in [0.05, 0.1) is 5.69 Å². The third kappa shape index (κ3) is 2.25. The molecule has 0 amide bonds. The van der Waals surface area contributed by atoms with Crippen LogP contribution >= 0.6 is 27.5 Å². The second kappa shape index (κ2) is 4.51. The number of ether oxygens (including phenoxy) is 1. The smallest absolute Gasteiger partial charge is 0.351 e. The highest BCUT2D eigenvalue weighted by Crippen LogP contribution is 2.10. The summed E-state index contributed by atoms with van der Waals surface area (Å²) >= 11 is 4.21. The zero-order valence-corrected chi connectivity index (χ0v) is 8.81. The topological polar surface area (TPSA) is 52.1 Å². The molecule has 4 nitrogen and oxygen atoms in total. The number of rotatable bonds is 3. The predicted octanol–water partition coefficient (Wildman–Crippen LogP) is 1.40. The predicted molar refractivity (Wildman–Crippen MR) is 48.7 cm³/mol. The highest BCUT2D eigenvalue weighted by atomic mass is 79.9. The van der Waals surface area contributed by atoms with E-state index in [1.165, 1.54) is 0 Å². The molecule has 0 saturated heterocycles. The van der Waals surface area contributed by atoms with E-state index in [1.807, 2.05) is 0 Å². The van der Waals surface area contributed by atoms with Crippen molar-refractivity contribution in [2.75, 3.05) is 11.9 Å². The molecule has 0 aliphatic rings. The number of esters is 1. The lowest BCUT2D eigenvalue weighted by molar-refractivity contribution is 0.0536. The van der Waals surface area contributed by atoms with Gasteiger partial charge >= 0.3 is 5.97 Å². The Kier molecular flexibility index (Phi) is 3.61. The van der Waals surface area contributed by atoms with Crippen molar-refractivity contribution in [3.05, 3.63) is 10.6 Å². The number of alkyl halides is 1. The van der Waals surface area contributed by atoms with Gasteiger partial charge in [-0.25, -0.2) is 4.79 Å². The fraction of sp³-hybridized carbons (Fsp3) is 0.500. The van der Waals surface area contributed by atoms with Crippen LogP contribution in [0.4, 0.5) is 0 Å². The first-order valence-corrected chi connectivity index (χ1v) is 5.17. The van der Waals surface area contributed by atoms with Crippen molar-refractivity contribution in [3.63, 3.8) is 0 Å². The highest BCUT2D eigenvalue weighted by Gasteiger charge is 2.13. The molecule has 1 heterocycles. The van der Waals surface area contributed by atoms with Gasteiger partial charge in [-0.2, -0.15) is 0 Å². The second-order valence-corrected chi connectivity index (χ2v) is 3.56. The van der Waals surface area contributed by atoms with Crippen molar-refractivity contribution in [2.24, 2.45) is 0 Å². The molecule has 0 saturated carbocycles. The van der Waals surface area contributed by atoms with E-state index >= 15 is 0 Å². The van der Waals surface area contributed by atoms with Crippen LogP contribution in [-0.4, -0.2) is 27.5 Å². The number of hydrogen-bond donors (Lipinski definition) is 0. The molecule has 0 aliphatic heterocycles. The van der Waals surface area contributed by atoms with Crippen molar-refractivity contribution in [2.45, 2.75) is 6.92 Å². The Labute approximate surface area is 82.2 Å². The highest BCUT2D eigenvalue weighted by molar-refractivity contribution is 9.09. The largest absolute Gasteiger partial charge is 0.461 e. The van der Waals surface area contributed by atoms with E-state index < -0.39 is 0 Å². The molecule has 0 spiro atoms. The van der Waals surface area contributed by atoms with Gasteiger partial charge < -0.3 is 4.74 Å². The van der Waals surface area contributed by atoms with Crippen LogP contribution in [0.2, 0.25) is 0 Å². The van der Waals surface area contributed by atoms with E-state index in [9.17, 15) is 4.79 Å². The lowest BCUT2D eigenvalue weighted by Crippen LogP contribution is -2.06. The van der Waals surface area contributed by atoms with Gasteiger partial charge in [-0.15, -0.1) is 5.10 Å². The van der Waals surface area contributed by atoms with Crippen LogP contribution in [0.1, 0.15) is 15.4 Å². The molecule has 0 aliphatic carbocycles. The maximum absolute atomic E-state index is 11.2. The Hall–Kier alpha value is -0.490. The minimum Gasteiger partial charge on any atom is -0.461 e. The summed E-state index contributed by atoms with van der Waals surface area (Å²) in [6.45, 7) is 2.10. The molecule has 0 bridgehead atoms. The van der Waals surface area contributed by atoms with Crippen LogP contribution in [0.15, 0.2) is 0 Å². The zero-order valence-electron chi connectivity index (χ0n) is 6.41. The molecule has 66 valence electrons. The molecule has 0 unspecified atom stereocenters. The van der Waals surface area contributed by atoms with Gasteiger partial charge in [0, 0.05) is 5.33 Å². The molecular weight excluding hydrogens is 244 g/mol. The lowest BCUT2D eigenvalue weighted by Gasteiger charge is -1.98. The van der Waals surface area contributed by atoms with Crippen LogP contribution in [0.25, 0.3) is 0 Å². The number of nitrogens with zero attached hydrogens (tertiary/aromatic N) is 2. The number of halogens is 1. The van der Waals surface area contributed by atoms with Crippen molar-refractivity contribution >= 4 is 33.4 Å². The molecule has 0 fully saturated rings. The summed E-state index contributed by atoms with van der Waals surface area (Å²) in [7, 11) is 0. The second-order valence-electron chi connectivity index (χ2n) is 2.01. The Morgan fingerprint density at radius 2 is 2.50 bits per heavy atom. The minimum absolute atomic E-state index is 0.345. The molecule has 1 aromatic heterocycles. The average Bonchev–Trinajstić information content (AvgIpc) is 2.47. The Bertz CT molecular complexity index is 276.